The third-order valence-electron chi connectivity index (χ3n) is 3.54. The molecule has 1 aliphatic rings. The maximum atomic E-state index is 12.4. The van der Waals surface area contributed by atoms with Crippen molar-refractivity contribution < 1.29 is 8.42 Å². The molecule has 0 amide bonds. The van der Waals surface area contributed by atoms with Gasteiger partial charge in [0.05, 0.1) is 4.90 Å². The topological polar surface area (TPSA) is 46.2 Å². The molecule has 0 aromatic heterocycles. The Morgan fingerprint density at radius 1 is 1.11 bits per heavy atom. The Bertz CT molecular complexity index is 522. The number of benzene rings is 1. The van der Waals surface area contributed by atoms with Crippen molar-refractivity contribution in [1.82, 2.24) is 4.72 Å². The molecule has 0 atom stereocenters. The quantitative estimate of drug-likeness (QED) is 0.766. The smallest absolute Gasteiger partial charge is 0.207 e. The van der Waals surface area contributed by atoms with E-state index in [0.29, 0.717) is 10.2 Å². The number of sulfonamides is 1. The van der Waals surface area contributed by atoms with Gasteiger partial charge >= 0.3 is 0 Å². The molecule has 1 aliphatic carbocycles. The molecule has 3 nitrogen and oxygen atoms in total. The van der Waals surface area contributed by atoms with Crippen molar-refractivity contribution in [2.75, 3.05) is 5.33 Å². The van der Waals surface area contributed by atoms with Crippen molar-refractivity contribution >= 4 is 41.9 Å². The molecule has 2 rings (SSSR count). The second-order valence-corrected chi connectivity index (χ2v) is 8.19. The third kappa shape index (κ3) is 3.80. The highest BCUT2D eigenvalue weighted by Crippen LogP contribution is 2.31. The summed E-state index contributed by atoms with van der Waals surface area (Å²) in [6.07, 6.45) is 5.14. The number of hydrogen-bond acceptors (Lipinski definition) is 2. The molecule has 0 aliphatic heterocycles. The molecule has 19 heavy (non-hydrogen) atoms. The van der Waals surface area contributed by atoms with E-state index in [1.807, 2.05) is 0 Å². The highest BCUT2D eigenvalue weighted by atomic mass is 79.9. The van der Waals surface area contributed by atoms with Crippen LogP contribution in [-0.4, -0.2) is 19.3 Å². The van der Waals surface area contributed by atoms with Crippen molar-refractivity contribution in [2.45, 2.75) is 42.5 Å². The number of rotatable bonds is 4. The first-order valence-corrected chi connectivity index (χ1v) is 9.73. The Balaban J connectivity index is 2.22. The van der Waals surface area contributed by atoms with Crippen LogP contribution in [0.25, 0.3) is 0 Å². The second kappa shape index (κ2) is 6.24. The van der Waals surface area contributed by atoms with Crippen molar-refractivity contribution in [3.05, 3.63) is 28.7 Å². The van der Waals surface area contributed by atoms with Gasteiger partial charge in [0.2, 0.25) is 10.0 Å². The van der Waals surface area contributed by atoms with Crippen LogP contribution in [0.1, 0.15) is 32.1 Å². The standard InChI is InChI=1S/C13H17Br2NO2S/c14-10-13(8-2-1-3-9-13)16-19(17,18)12-6-4-11(15)5-7-12/h4-7,16H,1-3,8-10H2. The fraction of sp³-hybridized carbons (Fsp3) is 0.538. The highest BCUT2D eigenvalue weighted by molar-refractivity contribution is 9.10. The van der Waals surface area contributed by atoms with E-state index in [0.717, 1.165) is 30.2 Å². The van der Waals surface area contributed by atoms with E-state index in [1.165, 1.54) is 6.42 Å². The predicted molar refractivity (Wildman–Crippen MR) is 84.1 cm³/mol. The van der Waals surface area contributed by atoms with Crippen LogP contribution in [0.15, 0.2) is 33.6 Å². The normalized spacial score (nSPS) is 19.3. The Morgan fingerprint density at radius 2 is 1.68 bits per heavy atom. The van der Waals surface area contributed by atoms with Gasteiger partial charge in [0.1, 0.15) is 0 Å². The zero-order chi connectivity index (χ0) is 13.9. The molecule has 0 spiro atoms. The van der Waals surface area contributed by atoms with Crippen molar-refractivity contribution in [3.63, 3.8) is 0 Å². The van der Waals surface area contributed by atoms with Gasteiger partial charge in [-0.2, -0.15) is 0 Å². The molecule has 1 aromatic rings. The van der Waals surface area contributed by atoms with Crippen LogP contribution in [0.3, 0.4) is 0 Å². The molecule has 0 saturated heterocycles. The average Bonchev–Trinajstić information content (AvgIpc) is 2.40. The van der Waals surface area contributed by atoms with Crippen LogP contribution in [0.5, 0.6) is 0 Å². The third-order valence-corrected chi connectivity index (χ3v) is 6.74. The number of alkyl halides is 1. The summed E-state index contributed by atoms with van der Waals surface area (Å²) in [5.41, 5.74) is -0.329. The van der Waals surface area contributed by atoms with Gasteiger partial charge in [-0.05, 0) is 37.1 Å². The first kappa shape index (κ1) is 15.5. The summed E-state index contributed by atoms with van der Waals surface area (Å²) in [6.45, 7) is 0. The lowest BCUT2D eigenvalue weighted by atomic mass is 9.84. The van der Waals surface area contributed by atoms with E-state index in [-0.39, 0.29) is 5.54 Å². The minimum Gasteiger partial charge on any atom is -0.207 e. The van der Waals surface area contributed by atoms with Gasteiger partial charge in [-0.25, -0.2) is 13.1 Å². The molecule has 6 heteroatoms. The zero-order valence-electron chi connectivity index (χ0n) is 10.5. The van der Waals surface area contributed by atoms with Crippen LogP contribution < -0.4 is 4.72 Å². The van der Waals surface area contributed by atoms with E-state index in [2.05, 4.69) is 36.6 Å². The molecule has 106 valence electrons. The van der Waals surface area contributed by atoms with Gasteiger partial charge in [0, 0.05) is 15.3 Å². The first-order chi connectivity index (χ1) is 8.97. The maximum Gasteiger partial charge on any atom is 0.241 e. The van der Waals surface area contributed by atoms with Gasteiger partial charge in [-0.1, -0.05) is 51.1 Å². The fourth-order valence-corrected chi connectivity index (χ4v) is 5.06. The van der Waals surface area contributed by atoms with Crippen molar-refractivity contribution in [3.8, 4) is 0 Å². The summed E-state index contributed by atoms with van der Waals surface area (Å²) in [4.78, 5) is 0.321. The fourth-order valence-electron chi connectivity index (χ4n) is 2.45. The largest absolute Gasteiger partial charge is 0.241 e. The zero-order valence-corrected chi connectivity index (χ0v) is 14.5. The maximum absolute atomic E-state index is 12.4. The number of nitrogens with one attached hydrogen (secondary N) is 1. The van der Waals surface area contributed by atoms with Gasteiger partial charge < -0.3 is 0 Å². The van der Waals surface area contributed by atoms with Gasteiger partial charge in [-0.15, -0.1) is 0 Å². The highest BCUT2D eigenvalue weighted by Gasteiger charge is 2.35. The second-order valence-electron chi connectivity index (χ2n) is 5.03. The van der Waals surface area contributed by atoms with Crippen LogP contribution in [0.2, 0.25) is 0 Å². The summed E-state index contributed by atoms with van der Waals surface area (Å²) >= 11 is 6.78. The van der Waals surface area contributed by atoms with E-state index in [9.17, 15) is 8.42 Å². The van der Waals surface area contributed by atoms with Crippen LogP contribution in [0.4, 0.5) is 0 Å². The molecular formula is C13H17Br2NO2S. The number of hydrogen-bond donors (Lipinski definition) is 1. The predicted octanol–water partition coefficient (Wildman–Crippen LogP) is 3.83. The number of halogens is 2. The molecule has 0 heterocycles. The van der Waals surface area contributed by atoms with E-state index < -0.39 is 10.0 Å². The SMILES string of the molecule is O=S(=O)(NC1(CBr)CCCCC1)c1ccc(Br)cc1. The average molecular weight is 411 g/mol. The molecular weight excluding hydrogens is 394 g/mol. The Labute approximate surface area is 131 Å². The molecule has 1 fully saturated rings. The molecule has 0 bridgehead atoms. The van der Waals surface area contributed by atoms with Crippen molar-refractivity contribution in [2.24, 2.45) is 0 Å². The Kier molecular flexibility index (Phi) is 5.09. The Morgan fingerprint density at radius 3 is 2.21 bits per heavy atom. The lowest BCUT2D eigenvalue weighted by Crippen LogP contribution is -2.51. The van der Waals surface area contributed by atoms with E-state index in [4.69, 9.17) is 0 Å². The lowest BCUT2D eigenvalue weighted by Gasteiger charge is -2.36. The summed E-state index contributed by atoms with van der Waals surface area (Å²) in [5, 5.41) is 0.662. The summed E-state index contributed by atoms with van der Waals surface area (Å²) in [6, 6.07) is 6.74. The molecule has 1 aromatic carbocycles. The minimum atomic E-state index is -3.45. The van der Waals surface area contributed by atoms with Crippen LogP contribution in [-0.2, 0) is 10.0 Å². The molecule has 0 radical (unpaired) electrons. The Hall–Kier alpha value is 0.0900. The molecule has 1 saturated carbocycles. The molecule has 0 unspecified atom stereocenters. The summed E-state index contributed by atoms with van der Waals surface area (Å²) in [5.74, 6) is 0. The van der Waals surface area contributed by atoms with Crippen LogP contribution >= 0.6 is 31.9 Å². The molecule has 1 N–H and O–H groups in total. The van der Waals surface area contributed by atoms with E-state index >= 15 is 0 Å². The van der Waals surface area contributed by atoms with Gasteiger partial charge in [0.15, 0.2) is 0 Å². The van der Waals surface area contributed by atoms with E-state index in [1.54, 1.807) is 24.3 Å². The summed E-state index contributed by atoms with van der Waals surface area (Å²) < 4.78 is 28.6. The summed E-state index contributed by atoms with van der Waals surface area (Å²) in [7, 11) is -3.45. The van der Waals surface area contributed by atoms with Crippen LogP contribution in [0, 0.1) is 0 Å². The monoisotopic (exact) mass is 409 g/mol. The first-order valence-electron chi connectivity index (χ1n) is 6.33. The van der Waals surface area contributed by atoms with Crippen molar-refractivity contribution in [1.29, 1.82) is 0 Å². The lowest BCUT2D eigenvalue weighted by molar-refractivity contribution is 0.301. The van der Waals surface area contributed by atoms with Gasteiger partial charge in [0.25, 0.3) is 0 Å². The van der Waals surface area contributed by atoms with Gasteiger partial charge in [-0.3, -0.25) is 0 Å². The minimum absolute atomic E-state index is 0.321.